The predicted octanol–water partition coefficient (Wildman–Crippen LogP) is 3.51. The van der Waals surface area contributed by atoms with E-state index >= 15 is 0 Å². The number of aryl methyl sites for hydroxylation is 1. The lowest BCUT2D eigenvalue weighted by atomic mass is 10.1. The summed E-state index contributed by atoms with van der Waals surface area (Å²) in [5.41, 5.74) is 2.98. The van der Waals surface area contributed by atoms with E-state index in [1.165, 1.54) is 0 Å². The highest BCUT2D eigenvalue weighted by Gasteiger charge is 2.13. The van der Waals surface area contributed by atoms with E-state index in [9.17, 15) is 0 Å². The van der Waals surface area contributed by atoms with Crippen molar-refractivity contribution >= 4 is 19.0 Å². The topological polar surface area (TPSA) is 65.7 Å². The average Bonchev–Trinajstić information content (AvgIpc) is 2.87. The summed E-state index contributed by atoms with van der Waals surface area (Å²) in [6.45, 7) is 10.3. The first-order chi connectivity index (χ1) is 11.4. The van der Waals surface area contributed by atoms with Crippen LogP contribution in [0.5, 0.6) is 0 Å². The summed E-state index contributed by atoms with van der Waals surface area (Å²) in [4.78, 5) is 4.25. The second kappa shape index (κ2) is 6.78. The zero-order valence-corrected chi connectivity index (χ0v) is 15.7. The zero-order valence-electron chi connectivity index (χ0n) is 14.7. The molecule has 24 heavy (non-hydrogen) atoms. The molecule has 2 heterocycles. The maximum absolute atomic E-state index is 5.83. The molecule has 0 aliphatic carbocycles. The highest BCUT2D eigenvalue weighted by Crippen LogP contribution is 2.24. The van der Waals surface area contributed by atoms with Crippen molar-refractivity contribution < 1.29 is 4.74 Å². The summed E-state index contributed by atoms with van der Waals surface area (Å²) >= 11 is 0. The fraction of sp³-hybridized carbons (Fsp3) is 0.412. The van der Waals surface area contributed by atoms with E-state index in [2.05, 4.69) is 46.0 Å². The van der Waals surface area contributed by atoms with Crippen LogP contribution in [0.15, 0.2) is 30.6 Å². The van der Waals surface area contributed by atoms with Gasteiger partial charge in [-0.05, 0) is 31.2 Å². The van der Waals surface area contributed by atoms with Crippen LogP contribution >= 0.6 is 0 Å². The van der Waals surface area contributed by atoms with Crippen molar-refractivity contribution in [3.05, 3.63) is 36.3 Å². The number of fused-ring (bicyclic) bond motifs is 1. The third kappa shape index (κ3) is 3.85. The molecule has 0 fully saturated rings. The van der Waals surface area contributed by atoms with Gasteiger partial charge >= 0.3 is 0 Å². The van der Waals surface area contributed by atoms with E-state index < -0.39 is 8.07 Å². The van der Waals surface area contributed by atoms with Gasteiger partial charge in [0.15, 0.2) is 5.82 Å². The van der Waals surface area contributed by atoms with Gasteiger partial charge in [0, 0.05) is 31.8 Å². The number of ether oxygens (including phenoxy) is 1. The summed E-state index contributed by atoms with van der Waals surface area (Å²) in [5.74, 6) is 0.623. The van der Waals surface area contributed by atoms with Crippen LogP contribution in [0, 0.1) is 6.92 Å². The van der Waals surface area contributed by atoms with Crippen molar-refractivity contribution in [2.75, 3.05) is 6.61 Å². The van der Waals surface area contributed by atoms with Crippen molar-refractivity contribution in [1.82, 2.24) is 25.0 Å². The number of rotatable bonds is 6. The first-order valence-corrected chi connectivity index (χ1v) is 11.8. The third-order valence-electron chi connectivity index (χ3n) is 3.89. The van der Waals surface area contributed by atoms with E-state index in [-0.39, 0.29) is 0 Å². The van der Waals surface area contributed by atoms with Gasteiger partial charge in [-0.2, -0.15) is 10.2 Å². The molecule has 0 atom stereocenters. The lowest BCUT2D eigenvalue weighted by Crippen LogP contribution is -2.22. The molecule has 0 saturated heterocycles. The Labute approximate surface area is 142 Å². The molecule has 0 radical (unpaired) electrons. The molecule has 0 unspecified atom stereocenters. The summed E-state index contributed by atoms with van der Waals surface area (Å²) in [7, 11) is -1.06. The van der Waals surface area contributed by atoms with E-state index in [0.29, 0.717) is 12.6 Å². The Kier molecular flexibility index (Phi) is 4.73. The lowest BCUT2D eigenvalue weighted by Gasteiger charge is -2.15. The fourth-order valence-electron chi connectivity index (χ4n) is 2.49. The molecule has 3 aromatic rings. The minimum absolute atomic E-state index is 0.484. The molecule has 6 nitrogen and oxygen atoms in total. The maximum atomic E-state index is 5.83. The average molecular weight is 341 g/mol. The molecular weight excluding hydrogens is 318 g/mol. The highest BCUT2D eigenvalue weighted by atomic mass is 28.3. The standard InChI is InChI=1S/C17H23N5OSi/c1-13-15-11-14(17-18-7-8-19-20-17)5-6-16(15)22(21-13)12-23-9-10-24(2,3)4/h5-8,11H,9-10,12H2,1-4H3. The van der Waals surface area contributed by atoms with Crippen molar-refractivity contribution in [3.8, 4) is 11.4 Å². The lowest BCUT2D eigenvalue weighted by molar-refractivity contribution is 0.0815. The first-order valence-electron chi connectivity index (χ1n) is 8.13. The van der Waals surface area contributed by atoms with Crippen molar-refractivity contribution in [1.29, 1.82) is 0 Å². The smallest absolute Gasteiger partial charge is 0.181 e. The van der Waals surface area contributed by atoms with Gasteiger partial charge in [-0.3, -0.25) is 0 Å². The number of hydrogen-bond acceptors (Lipinski definition) is 5. The predicted molar refractivity (Wildman–Crippen MR) is 97.4 cm³/mol. The van der Waals surface area contributed by atoms with E-state index in [1.807, 2.05) is 23.7 Å². The summed E-state index contributed by atoms with van der Waals surface area (Å²) in [6.07, 6.45) is 3.22. The SMILES string of the molecule is Cc1nn(COCC[Si](C)(C)C)c2ccc(-c3nccnn3)cc12. The minimum atomic E-state index is -1.06. The number of benzene rings is 1. The molecule has 0 bridgehead atoms. The molecule has 2 aromatic heterocycles. The Morgan fingerprint density at radius 3 is 2.71 bits per heavy atom. The van der Waals surface area contributed by atoms with Gasteiger partial charge in [-0.15, -0.1) is 5.10 Å². The number of hydrogen-bond donors (Lipinski definition) is 0. The van der Waals surface area contributed by atoms with Crippen LogP contribution in [0.25, 0.3) is 22.3 Å². The van der Waals surface area contributed by atoms with Crippen LogP contribution in [0.2, 0.25) is 25.7 Å². The van der Waals surface area contributed by atoms with Gasteiger partial charge in [0.05, 0.1) is 17.4 Å². The Hall–Kier alpha value is -2.12. The van der Waals surface area contributed by atoms with Crippen LogP contribution in [0.1, 0.15) is 5.69 Å². The van der Waals surface area contributed by atoms with E-state index in [4.69, 9.17) is 4.74 Å². The van der Waals surface area contributed by atoms with E-state index in [0.717, 1.165) is 34.8 Å². The molecule has 3 rings (SSSR count). The first kappa shape index (κ1) is 16.7. The zero-order chi connectivity index (χ0) is 17.2. The third-order valence-corrected chi connectivity index (χ3v) is 5.59. The van der Waals surface area contributed by atoms with Gasteiger partial charge in [0.1, 0.15) is 6.73 Å². The Morgan fingerprint density at radius 1 is 1.17 bits per heavy atom. The molecule has 126 valence electrons. The Morgan fingerprint density at radius 2 is 2.00 bits per heavy atom. The second-order valence-electron chi connectivity index (χ2n) is 7.13. The summed E-state index contributed by atoms with van der Waals surface area (Å²) in [6, 6.07) is 7.27. The van der Waals surface area contributed by atoms with Crippen molar-refractivity contribution in [2.45, 2.75) is 39.3 Å². The monoisotopic (exact) mass is 341 g/mol. The number of aromatic nitrogens is 5. The van der Waals surface area contributed by atoms with Crippen molar-refractivity contribution in [2.24, 2.45) is 0 Å². The van der Waals surface area contributed by atoms with Gasteiger partial charge in [-0.1, -0.05) is 19.6 Å². The number of nitrogens with zero attached hydrogens (tertiary/aromatic N) is 5. The Balaban J connectivity index is 1.79. The molecule has 7 heteroatoms. The van der Waals surface area contributed by atoms with Gasteiger partial charge < -0.3 is 4.74 Å². The Bertz CT molecular complexity index is 826. The molecule has 0 spiro atoms. The van der Waals surface area contributed by atoms with Gasteiger partial charge in [0.25, 0.3) is 0 Å². The molecule has 0 saturated carbocycles. The van der Waals surface area contributed by atoms with Crippen LogP contribution in [-0.4, -0.2) is 39.6 Å². The largest absolute Gasteiger partial charge is 0.360 e. The summed E-state index contributed by atoms with van der Waals surface area (Å²) in [5, 5.41) is 13.7. The summed E-state index contributed by atoms with van der Waals surface area (Å²) < 4.78 is 7.75. The fourth-order valence-corrected chi connectivity index (χ4v) is 3.24. The molecule has 1 aromatic carbocycles. The quantitative estimate of drug-likeness (QED) is 0.507. The van der Waals surface area contributed by atoms with Crippen LogP contribution in [-0.2, 0) is 11.5 Å². The van der Waals surface area contributed by atoms with Crippen LogP contribution in [0.4, 0.5) is 0 Å². The van der Waals surface area contributed by atoms with Gasteiger partial charge in [-0.25, -0.2) is 9.67 Å². The minimum Gasteiger partial charge on any atom is -0.360 e. The molecule has 0 aliphatic rings. The molecule has 0 N–H and O–H groups in total. The highest BCUT2D eigenvalue weighted by molar-refractivity contribution is 6.76. The van der Waals surface area contributed by atoms with Crippen molar-refractivity contribution in [3.63, 3.8) is 0 Å². The van der Waals surface area contributed by atoms with Crippen LogP contribution in [0.3, 0.4) is 0 Å². The van der Waals surface area contributed by atoms with Gasteiger partial charge in [0.2, 0.25) is 0 Å². The maximum Gasteiger partial charge on any atom is 0.181 e. The molecule has 0 amide bonds. The molecule has 0 aliphatic heterocycles. The molecular formula is C17H23N5OSi. The normalized spacial score (nSPS) is 12.0. The van der Waals surface area contributed by atoms with Crippen LogP contribution < -0.4 is 0 Å². The second-order valence-corrected chi connectivity index (χ2v) is 12.8. The van der Waals surface area contributed by atoms with E-state index in [1.54, 1.807) is 12.4 Å².